The molecule has 0 aliphatic heterocycles. The highest BCUT2D eigenvalue weighted by Gasteiger charge is 2.09. The van der Waals surface area contributed by atoms with Crippen LogP contribution in [-0.2, 0) is 4.79 Å². The third kappa shape index (κ3) is 2.02. The van der Waals surface area contributed by atoms with Crippen molar-refractivity contribution in [3.8, 4) is 11.8 Å². The van der Waals surface area contributed by atoms with Gasteiger partial charge in [-0.25, -0.2) is 0 Å². The summed E-state index contributed by atoms with van der Waals surface area (Å²) in [7, 11) is 3.09. The van der Waals surface area contributed by atoms with Gasteiger partial charge in [-0.15, -0.1) is 0 Å². The fraction of sp³-hybridized carbons (Fsp3) is 0.200. The molecule has 4 nitrogen and oxygen atoms in total. The van der Waals surface area contributed by atoms with Gasteiger partial charge < -0.3 is 9.64 Å². The van der Waals surface area contributed by atoms with Crippen LogP contribution in [0.3, 0.4) is 0 Å². The van der Waals surface area contributed by atoms with Crippen molar-refractivity contribution in [2.45, 2.75) is 0 Å². The number of ether oxygens (including phenoxy) is 1. The first-order chi connectivity index (χ1) is 6.69. The molecule has 1 aromatic rings. The summed E-state index contributed by atoms with van der Waals surface area (Å²) in [6, 6.07) is 8.50. The van der Waals surface area contributed by atoms with Gasteiger partial charge in [0.2, 0.25) is 0 Å². The Labute approximate surface area is 82.3 Å². The molecule has 0 unspecified atom stereocenters. The number of hydrogen-bond donors (Lipinski definition) is 0. The maximum atomic E-state index is 11.0. The van der Waals surface area contributed by atoms with E-state index in [1.807, 2.05) is 0 Å². The molecule has 0 heterocycles. The number of nitriles is 1. The second-order valence-electron chi connectivity index (χ2n) is 2.68. The molecule has 1 amide bonds. The lowest BCUT2D eigenvalue weighted by molar-refractivity contribution is -0.113. The van der Waals surface area contributed by atoms with Crippen molar-refractivity contribution in [2.24, 2.45) is 0 Å². The molecule has 0 saturated carbocycles. The summed E-state index contributed by atoms with van der Waals surface area (Å²) >= 11 is 0. The third-order valence-electron chi connectivity index (χ3n) is 1.84. The number of methoxy groups -OCH3 is 1. The molecule has 14 heavy (non-hydrogen) atoms. The van der Waals surface area contributed by atoms with Crippen LogP contribution in [0.15, 0.2) is 24.3 Å². The molecule has 0 aliphatic rings. The largest absolute Gasteiger partial charge is 0.497 e. The van der Waals surface area contributed by atoms with E-state index in [0.717, 1.165) is 0 Å². The summed E-state index contributed by atoms with van der Waals surface area (Å²) < 4.78 is 5.00. The molecule has 72 valence electrons. The Kier molecular flexibility index (Phi) is 3.08. The molecule has 0 bridgehead atoms. The summed E-state index contributed by atoms with van der Waals surface area (Å²) in [6.45, 7) is 0. The highest BCUT2D eigenvalue weighted by molar-refractivity contribution is 6.03. The van der Waals surface area contributed by atoms with Gasteiger partial charge in [-0.05, 0) is 12.1 Å². The number of benzene rings is 1. The van der Waals surface area contributed by atoms with E-state index in [1.165, 1.54) is 4.90 Å². The molecule has 4 heteroatoms. The average molecular weight is 190 g/mol. The van der Waals surface area contributed by atoms with Crippen LogP contribution in [0.5, 0.6) is 5.75 Å². The summed E-state index contributed by atoms with van der Waals surface area (Å²) in [5, 5.41) is 8.42. The van der Waals surface area contributed by atoms with E-state index in [2.05, 4.69) is 0 Å². The molecule has 0 saturated heterocycles. The first kappa shape index (κ1) is 10.1. The Morgan fingerprint density at radius 3 is 2.86 bits per heavy atom. The van der Waals surface area contributed by atoms with Gasteiger partial charge in [-0.3, -0.25) is 4.79 Å². The molecular weight excluding hydrogens is 180 g/mol. The molecular formula is C10H10N2O2. The lowest BCUT2D eigenvalue weighted by Gasteiger charge is -2.13. The lowest BCUT2D eigenvalue weighted by Crippen LogP contribution is -2.24. The first-order valence-corrected chi connectivity index (χ1v) is 4.01. The number of amides is 1. The first-order valence-electron chi connectivity index (χ1n) is 4.01. The Bertz CT molecular complexity index is 382. The number of nitrogens with zero attached hydrogens (tertiary/aromatic N) is 2. The van der Waals surface area contributed by atoms with Crippen LogP contribution in [-0.4, -0.2) is 20.1 Å². The predicted octanol–water partition coefficient (Wildman–Crippen LogP) is 1.18. The summed E-state index contributed by atoms with van der Waals surface area (Å²) in [4.78, 5) is 12.3. The minimum absolute atomic E-state index is 0.599. The number of carbonyl (C=O) groups is 1. The third-order valence-corrected chi connectivity index (χ3v) is 1.84. The topological polar surface area (TPSA) is 53.3 Å². The minimum Gasteiger partial charge on any atom is -0.497 e. The fourth-order valence-corrected chi connectivity index (χ4v) is 1.01. The van der Waals surface area contributed by atoms with Gasteiger partial charge in [-0.2, -0.15) is 5.26 Å². The average Bonchev–Trinajstić information content (AvgIpc) is 2.27. The molecule has 0 fully saturated rings. The molecule has 0 N–H and O–H groups in total. The highest BCUT2D eigenvalue weighted by atomic mass is 16.5. The quantitative estimate of drug-likeness (QED) is 0.658. The van der Waals surface area contributed by atoms with E-state index in [0.29, 0.717) is 11.4 Å². The monoisotopic (exact) mass is 190 g/mol. The van der Waals surface area contributed by atoms with Crippen molar-refractivity contribution in [3.63, 3.8) is 0 Å². The van der Waals surface area contributed by atoms with Crippen molar-refractivity contribution in [1.82, 2.24) is 0 Å². The van der Waals surface area contributed by atoms with Gasteiger partial charge in [0, 0.05) is 18.8 Å². The van der Waals surface area contributed by atoms with Gasteiger partial charge in [0.1, 0.15) is 5.75 Å². The van der Waals surface area contributed by atoms with Crippen LogP contribution in [0.25, 0.3) is 0 Å². The van der Waals surface area contributed by atoms with Crippen LogP contribution >= 0.6 is 0 Å². The Morgan fingerprint density at radius 2 is 2.29 bits per heavy atom. The molecule has 0 aromatic heterocycles. The number of rotatable bonds is 2. The Hall–Kier alpha value is -2.02. The number of anilines is 1. The van der Waals surface area contributed by atoms with Crippen molar-refractivity contribution in [1.29, 1.82) is 5.26 Å². The van der Waals surface area contributed by atoms with Crippen molar-refractivity contribution >= 4 is 11.6 Å². The normalized spacial score (nSPS) is 8.93. The van der Waals surface area contributed by atoms with Gasteiger partial charge >= 0.3 is 5.91 Å². The van der Waals surface area contributed by atoms with E-state index >= 15 is 0 Å². The van der Waals surface area contributed by atoms with Crippen molar-refractivity contribution < 1.29 is 9.53 Å². The predicted molar refractivity (Wildman–Crippen MR) is 52.0 cm³/mol. The second kappa shape index (κ2) is 4.28. The lowest BCUT2D eigenvalue weighted by atomic mass is 10.3. The zero-order valence-corrected chi connectivity index (χ0v) is 8.02. The summed E-state index contributed by atoms with van der Waals surface area (Å²) in [5.74, 6) is 0.0540. The number of hydrogen-bond acceptors (Lipinski definition) is 3. The van der Waals surface area contributed by atoms with E-state index in [1.54, 1.807) is 44.5 Å². The summed E-state index contributed by atoms with van der Waals surface area (Å²) in [6.07, 6.45) is 0. The van der Waals surface area contributed by atoms with E-state index in [4.69, 9.17) is 10.00 Å². The van der Waals surface area contributed by atoms with Crippen LogP contribution in [0.2, 0.25) is 0 Å². The van der Waals surface area contributed by atoms with E-state index in [9.17, 15) is 4.79 Å². The van der Waals surface area contributed by atoms with Crippen LogP contribution in [0.4, 0.5) is 5.69 Å². The summed E-state index contributed by atoms with van der Waals surface area (Å²) in [5.41, 5.74) is 0.635. The SMILES string of the molecule is COc1cccc(N(C)C(=O)C#N)c1. The zero-order chi connectivity index (χ0) is 10.6. The molecule has 1 aromatic carbocycles. The zero-order valence-electron chi connectivity index (χ0n) is 8.02. The Balaban J connectivity index is 2.96. The highest BCUT2D eigenvalue weighted by Crippen LogP contribution is 2.19. The fourth-order valence-electron chi connectivity index (χ4n) is 1.01. The second-order valence-corrected chi connectivity index (χ2v) is 2.68. The van der Waals surface area contributed by atoms with Crippen LogP contribution < -0.4 is 9.64 Å². The maximum absolute atomic E-state index is 11.0. The van der Waals surface area contributed by atoms with Gasteiger partial charge in [0.05, 0.1) is 7.11 Å². The molecule has 0 spiro atoms. The van der Waals surface area contributed by atoms with Crippen molar-refractivity contribution in [2.75, 3.05) is 19.1 Å². The molecule has 1 rings (SSSR count). The van der Waals surface area contributed by atoms with Gasteiger partial charge in [0.25, 0.3) is 0 Å². The number of carbonyl (C=O) groups excluding carboxylic acids is 1. The maximum Gasteiger partial charge on any atom is 0.329 e. The van der Waals surface area contributed by atoms with E-state index < -0.39 is 5.91 Å². The standard InChI is InChI=1S/C10H10N2O2/c1-12(10(13)7-11)8-4-3-5-9(6-8)14-2/h3-6H,1-2H3. The van der Waals surface area contributed by atoms with Gasteiger partial charge in [0.15, 0.2) is 6.07 Å². The minimum atomic E-state index is -0.599. The Morgan fingerprint density at radius 1 is 1.57 bits per heavy atom. The molecule has 0 atom stereocenters. The van der Waals surface area contributed by atoms with Crippen LogP contribution in [0.1, 0.15) is 0 Å². The van der Waals surface area contributed by atoms with Crippen LogP contribution in [0, 0.1) is 11.3 Å². The van der Waals surface area contributed by atoms with Crippen molar-refractivity contribution in [3.05, 3.63) is 24.3 Å². The van der Waals surface area contributed by atoms with E-state index in [-0.39, 0.29) is 0 Å². The molecule has 0 radical (unpaired) electrons. The molecule has 0 aliphatic carbocycles. The van der Waals surface area contributed by atoms with Gasteiger partial charge in [-0.1, -0.05) is 6.07 Å². The smallest absolute Gasteiger partial charge is 0.329 e.